The molecule has 0 radical (unpaired) electrons. The van der Waals surface area contributed by atoms with Gasteiger partial charge in [0, 0.05) is 24.9 Å². The van der Waals surface area contributed by atoms with Crippen LogP contribution in [0.4, 0.5) is 0 Å². The number of allylic oxidation sites excluding steroid dienone is 2. The third kappa shape index (κ3) is 1.16. The van der Waals surface area contributed by atoms with E-state index in [4.69, 9.17) is 0 Å². The Morgan fingerprint density at radius 3 is 1.78 bits per heavy atom. The molecule has 18 heavy (non-hydrogen) atoms. The number of hydrogen-bond acceptors (Lipinski definition) is 1. The van der Waals surface area contributed by atoms with Crippen molar-refractivity contribution in [2.75, 3.05) is 20.1 Å². The van der Waals surface area contributed by atoms with Crippen LogP contribution in [0.15, 0.2) is 35.4 Å². The number of rotatable bonds is 0. The summed E-state index contributed by atoms with van der Waals surface area (Å²) in [5.74, 6) is 3.11. The lowest BCUT2D eigenvalue weighted by Gasteiger charge is -2.48. The van der Waals surface area contributed by atoms with E-state index >= 15 is 0 Å². The molecule has 1 heterocycles. The monoisotopic (exact) mass is 239 g/mol. The Morgan fingerprint density at radius 2 is 1.33 bits per heavy atom. The molecule has 0 spiro atoms. The average Bonchev–Trinajstić information content (AvgIpc) is 2.74. The minimum Gasteiger partial charge on any atom is -0.306 e. The van der Waals surface area contributed by atoms with Gasteiger partial charge in [-0.2, -0.15) is 0 Å². The minimum atomic E-state index is 0.696. The molecule has 1 aromatic rings. The summed E-state index contributed by atoms with van der Waals surface area (Å²) in [5, 5.41) is 0. The lowest BCUT2D eigenvalue weighted by Crippen LogP contribution is -2.38. The Hall–Kier alpha value is -1.08. The fourth-order valence-corrected chi connectivity index (χ4v) is 4.91. The lowest BCUT2D eigenvalue weighted by molar-refractivity contribution is 0.288. The summed E-state index contributed by atoms with van der Waals surface area (Å²) in [6.45, 7) is 7.31. The van der Waals surface area contributed by atoms with Crippen LogP contribution in [0.2, 0.25) is 0 Å². The van der Waals surface area contributed by atoms with Gasteiger partial charge in [-0.05, 0) is 43.9 Å². The molecule has 4 atom stereocenters. The summed E-state index contributed by atoms with van der Waals surface area (Å²) < 4.78 is 0. The van der Waals surface area contributed by atoms with Crippen molar-refractivity contribution in [3.8, 4) is 0 Å². The van der Waals surface area contributed by atoms with Gasteiger partial charge in [0.2, 0.25) is 0 Å². The van der Waals surface area contributed by atoms with Crippen LogP contribution < -0.4 is 0 Å². The fraction of sp³-hybridized carbons (Fsp3) is 0.529. The molecule has 3 aliphatic carbocycles. The van der Waals surface area contributed by atoms with E-state index in [0.717, 1.165) is 11.8 Å². The van der Waals surface area contributed by atoms with Gasteiger partial charge in [-0.15, -0.1) is 0 Å². The maximum Gasteiger partial charge on any atom is 0.00950 e. The standard InChI is InChI=1S/C17H21N/c1-10-11(2)17-13-7-5-4-6-12(13)16(10)14-8-18(3)9-15(14)17/h4-7,14-17H,8-9H2,1-3H3/t14-,15+,16+,17-. The molecule has 1 aliphatic heterocycles. The van der Waals surface area contributed by atoms with Crippen molar-refractivity contribution in [1.29, 1.82) is 0 Å². The van der Waals surface area contributed by atoms with E-state index in [1.807, 2.05) is 0 Å². The van der Waals surface area contributed by atoms with Crippen molar-refractivity contribution in [3.63, 3.8) is 0 Å². The van der Waals surface area contributed by atoms with Gasteiger partial charge in [0.05, 0.1) is 0 Å². The van der Waals surface area contributed by atoms with Crippen molar-refractivity contribution < 1.29 is 0 Å². The van der Waals surface area contributed by atoms with Crippen LogP contribution in [0.5, 0.6) is 0 Å². The van der Waals surface area contributed by atoms with Crippen LogP contribution in [-0.2, 0) is 0 Å². The van der Waals surface area contributed by atoms with Gasteiger partial charge in [-0.3, -0.25) is 0 Å². The molecule has 2 bridgehead atoms. The molecular weight excluding hydrogens is 218 g/mol. The summed E-state index contributed by atoms with van der Waals surface area (Å²) in [6, 6.07) is 9.18. The quantitative estimate of drug-likeness (QED) is 0.627. The molecule has 1 heteroatoms. The zero-order chi connectivity index (χ0) is 12.4. The highest BCUT2D eigenvalue weighted by molar-refractivity contribution is 5.52. The highest BCUT2D eigenvalue weighted by Crippen LogP contribution is 2.59. The number of nitrogens with zero attached hydrogens (tertiary/aromatic N) is 1. The number of hydrogen-bond donors (Lipinski definition) is 0. The first-order chi connectivity index (χ1) is 8.68. The normalized spacial score (nSPS) is 37.9. The maximum atomic E-state index is 2.53. The third-order valence-electron chi connectivity index (χ3n) is 5.67. The average molecular weight is 239 g/mol. The summed E-state index contributed by atoms with van der Waals surface area (Å²) >= 11 is 0. The van der Waals surface area contributed by atoms with Gasteiger partial charge in [0.15, 0.2) is 0 Å². The van der Waals surface area contributed by atoms with Crippen molar-refractivity contribution in [1.82, 2.24) is 4.90 Å². The van der Waals surface area contributed by atoms with Crippen LogP contribution in [0.3, 0.4) is 0 Å². The van der Waals surface area contributed by atoms with Gasteiger partial charge >= 0.3 is 0 Å². The SMILES string of the molecule is CC1=C(C)[C@H]2c3ccccc3[C@@H]1[C@H]1CN(C)C[C@H]12. The van der Waals surface area contributed by atoms with Gasteiger partial charge in [-0.1, -0.05) is 35.4 Å². The Balaban J connectivity index is 1.95. The Bertz CT molecular complexity index is 495. The van der Waals surface area contributed by atoms with Crippen LogP contribution in [-0.4, -0.2) is 25.0 Å². The van der Waals surface area contributed by atoms with Crippen molar-refractivity contribution in [3.05, 3.63) is 46.5 Å². The summed E-state index contributed by atoms with van der Waals surface area (Å²) in [6.07, 6.45) is 0. The molecule has 4 aliphatic rings. The highest BCUT2D eigenvalue weighted by Gasteiger charge is 2.51. The van der Waals surface area contributed by atoms with Gasteiger partial charge in [0.25, 0.3) is 0 Å². The van der Waals surface area contributed by atoms with Gasteiger partial charge in [-0.25, -0.2) is 0 Å². The van der Waals surface area contributed by atoms with E-state index in [1.54, 1.807) is 22.3 Å². The number of benzene rings is 1. The molecule has 1 nitrogen and oxygen atoms in total. The number of likely N-dealkylation sites (tertiary alicyclic amines) is 1. The van der Waals surface area contributed by atoms with E-state index in [0.29, 0.717) is 11.8 Å². The second kappa shape index (κ2) is 3.48. The molecule has 0 unspecified atom stereocenters. The zero-order valence-electron chi connectivity index (χ0n) is 11.5. The molecule has 1 fully saturated rings. The topological polar surface area (TPSA) is 3.24 Å². The van der Waals surface area contributed by atoms with E-state index in [9.17, 15) is 0 Å². The first-order valence-corrected chi connectivity index (χ1v) is 7.13. The Morgan fingerprint density at radius 1 is 0.889 bits per heavy atom. The minimum absolute atomic E-state index is 0.696. The van der Waals surface area contributed by atoms with Crippen LogP contribution >= 0.6 is 0 Å². The molecule has 0 amide bonds. The predicted octanol–water partition coefficient (Wildman–Crippen LogP) is 3.40. The van der Waals surface area contributed by atoms with Crippen LogP contribution in [0.1, 0.15) is 36.8 Å². The summed E-state index contributed by atoms with van der Waals surface area (Å²) in [4.78, 5) is 2.53. The van der Waals surface area contributed by atoms with Crippen molar-refractivity contribution in [2.45, 2.75) is 25.7 Å². The third-order valence-corrected chi connectivity index (χ3v) is 5.67. The zero-order valence-corrected chi connectivity index (χ0v) is 11.5. The molecule has 5 rings (SSSR count). The van der Waals surface area contributed by atoms with E-state index < -0.39 is 0 Å². The van der Waals surface area contributed by atoms with Crippen LogP contribution in [0, 0.1) is 11.8 Å². The fourth-order valence-electron chi connectivity index (χ4n) is 4.91. The maximum absolute atomic E-state index is 2.53. The predicted molar refractivity (Wildman–Crippen MR) is 74.8 cm³/mol. The van der Waals surface area contributed by atoms with Crippen molar-refractivity contribution >= 4 is 0 Å². The largest absolute Gasteiger partial charge is 0.306 e. The second-order valence-electron chi connectivity index (χ2n) is 6.50. The smallest absolute Gasteiger partial charge is 0.00950 e. The first-order valence-electron chi connectivity index (χ1n) is 7.13. The molecule has 94 valence electrons. The summed E-state index contributed by atoms with van der Waals surface area (Å²) in [7, 11) is 2.28. The molecule has 0 saturated carbocycles. The first kappa shape index (κ1) is 10.8. The van der Waals surface area contributed by atoms with Crippen LogP contribution in [0.25, 0.3) is 0 Å². The van der Waals surface area contributed by atoms with E-state index in [2.05, 4.69) is 50.1 Å². The lowest BCUT2D eigenvalue weighted by atomic mass is 9.56. The highest BCUT2D eigenvalue weighted by atomic mass is 15.1. The molecular formula is C17H21N. The molecule has 1 aromatic carbocycles. The van der Waals surface area contributed by atoms with E-state index in [-0.39, 0.29) is 0 Å². The van der Waals surface area contributed by atoms with Gasteiger partial charge < -0.3 is 4.90 Å². The summed E-state index contributed by atoms with van der Waals surface area (Å²) in [5.41, 5.74) is 6.58. The van der Waals surface area contributed by atoms with Crippen molar-refractivity contribution in [2.24, 2.45) is 11.8 Å². The van der Waals surface area contributed by atoms with E-state index in [1.165, 1.54) is 13.1 Å². The molecule has 0 N–H and O–H groups in total. The Labute approximate surface area is 109 Å². The Kier molecular flexibility index (Phi) is 2.09. The molecule has 1 saturated heterocycles. The van der Waals surface area contributed by atoms with Gasteiger partial charge in [0.1, 0.15) is 0 Å². The molecule has 0 aromatic heterocycles. The second-order valence-corrected chi connectivity index (χ2v) is 6.50.